The smallest absolute Gasteiger partial charge is 0.345 e. The van der Waals surface area contributed by atoms with Crippen molar-refractivity contribution in [3.8, 4) is 0 Å². The van der Waals surface area contributed by atoms with E-state index in [9.17, 15) is 19.7 Å². The second kappa shape index (κ2) is 6.29. The zero-order valence-corrected chi connectivity index (χ0v) is 10.2. The molecule has 100 valence electrons. The summed E-state index contributed by atoms with van der Waals surface area (Å²) < 4.78 is 4.75. The van der Waals surface area contributed by atoms with Gasteiger partial charge >= 0.3 is 5.97 Å². The van der Waals surface area contributed by atoms with Crippen LogP contribution in [0.15, 0.2) is 30.9 Å². The van der Waals surface area contributed by atoms with Crippen LogP contribution in [0.25, 0.3) is 0 Å². The van der Waals surface area contributed by atoms with Crippen LogP contribution in [0.4, 0.5) is 11.4 Å². The predicted molar refractivity (Wildman–Crippen MR) is 67.9 cm³/mol. The number of carbonyl (C=O) groups is 2. The molecule has 0 fully saturated rings. The normalized spacial score (nSPS) is 9.53. The molecule has 0 radical (unpaired) electrons. The molecule has 0 saturated heterocycles. The number of rotatable bonds is 5. The van der Waals surface area contributed by atoms with Crippen molar-refractivity contribution in [1.29, 1.82) is 0 Å². The number of hydrogen-bond acceptors (Lipinski definition) is 5. The lowest BCUT2D eigenvalue weighted by Gasteiger charge is -2.06. The quantitative estimate of drug-likeness (QED) is 0.379. The van der Waals surface area contributed by atoms with Crippen LogP contribution in [0.3, 0.4) is 0 Å². The largest absolute Gasteiger partial charge is 0.458 e. The minimum absolute atomic E-state index is 0.0552. The lowest BCUT2D eigenvalue weighted by Crippen LogP contribution is -2.11. The van der Waals surface area contributed by atoms with Gasteiger partial charge in [0.25, 0.3) is 5.69 Å². The van der Waals surface area contributed by atoms with Gasteiger partial charge in [0.05, 0.1) is 4.92 Å². The Morgan fingerprint density at radius 1 is 1.53 bits per heavy atom. The molecule has 1 N–H and O–H groups in total. The van der Waals surface area contributed by atoms with Gasteiger partial charge in [0.2, 0.25) is 5.91 Å². The van der Waals surface area contributed by atoms with Crippen LogP contribution in [0.5, 0.6) is 0 Å². The van der Waals surface area contributed by atoms with E-state index >= 15 is 0 Å². The fraction of sp³-hybridized carbons (Fsp3) is 0.167. The average molecular weight is 264 g/mol. The maximum Gasteiger partial charge on any atom is 0.345 e. The van der Waals surface area contributed by atoms with Crippen LogP contribution >= 0.6 is 0 Å². The minimum atomic E-state index is -0.848. The third-order valence-electron chi connectivity index (χ3n) is 2.07. The van der Waals surface area contributed by atoms with Crippen molar-refractivity contribution >= 4 is 23.3 Å². The monoisotopic (exact) mass is 264 g/mol. The Morgan fingerprint density at radius 3 is 2.74 bits per heavy atom. The summed E-state index contributed by atoms with van der Waals surface area (Å²) >= 11 is 0. The van der Waals surface area contributed by atoms with Crippen molar-refractivity contribution in [2.24, 2.45) is 0 Å². The van der Waals surface area contributed by atoms with E-state index < -0.39 is 10.9 Å². The number of hydrogen-bond donors (Lipinski definition) is 1. The van der Waals surface area contributed by atoms with E-state index in [0.29, 0.717) is 0 Å². The fourth-order valence-corrected chi connectivity index (χ4v) is 1.35. The number of anilines is 1. The number of benzene rings is 1. The summed E-state index contributed by atoms with van der Waals surface area (Å²) in [5, 5.41) is 13.3. The van der Waals surface area contributed by atoms with Crippen molar-refractivity contribution in [3.63, 3.8) is 0 Å². The summed E-state index contributed by atoms with van der Waals surface area (Å²) in [4.78, 5) is 32.7. The number of nitrogens with one attached hydrogen (secondary N) is 1. The van der Waals surface area contributed by atoms with Gasteiger partial charge in [-0.2, -0.15) is 0 Å². The molecule has 1 aromatic carbocycles. The van der Waals surface area contributed by atoms with Crippen molar-refractivity contribution in [2.45, 2.75) is 6.92 Å². The lowest BCUT2D eigenvalue weighted by molar-refractivity contribution is -0.385. The van der Waals surface area contributed by atoms with Crippen LogP contribution < -0.4 is 5.32 Å². The number of amides is 1. The molecule has 0 aliphatic carbocycles. The van der Waals surface area contributed by atoms with Crippen LogP contribution in [-0.2, 0) is 9.53 Å². The van der Waals surface area contributed by atoms with Crippen LogP contribution in [-0.4, -0.2) is 23.4 Å². The van der Waals surface area contributed by atoms with E-state index in [4.69, 9.17) is 4.74 Å². The van der Waals surface area contributed by atoms with E-state index in [1.165, 1.54) is 25.1 Å². The molecule has 0 aliphatic rings. The first kappa shape index (κ1) is 14.4. The van der Waals surface area contributed by atoms with Crippen LogP contribution in [0.1, 0.15) is 17.3 Å². The lowest BCUT2D eigenvalue weighted by atomic mass is 10.1. The molecular formula is C12H12N2O5. The molecule has 7 heteroatoms. The zero-order chi connectivity index (χ0) is 14.4. The molecule has 7 nitrogen and oxygen atoms in total. The maximum atomic E-state index is 11.7. The van der Waals surface area contributed by atoms with Gasteiger partial charge < -0.3 is 10.1 Å². The molecule has 0 saturated carbocycles. The summed E-state index contributed by atoms with van der Waals surface area (Å²) in [5.74, 6) is -1.20. The third-order valence-corrected chi connectivity index (χ3v) is 2.07. The second-order valence-electron chi connectivity index (χ2n) is 3.56. The van der Waals surface area contributed by atoms with Gasteiger partial charge in [-0.3, -0.25) is 14.9 Å². The molecule has 0 aromatic heterocycles. The summed E-state index contributed by atoms with van der Waals surface area (Å²) in [7, 11) is 0. The highest BCUT2D eigenvalue weighted by Gasteiger charge is 2.21. The second-order valence-corrected chi connectivity index (χ2v) is 3.56. The van der Waals surface area contributed by atoms with Gasteiger partial charge in [-0.05, 0) is 12.1 Å². The molecule has 0 heterocycles. The van der Waals surface area contributed by atoms with Crippen molar-refractivity contribution in [2.75, 3.05) is 11.9 Å². The van der Waals surface area contributed by atoms with Crippen LogP contribution in [0.2, 0.25) is 0 Å². The zero-order valence-electron chi connectivity index (χ0n) is 10.2. The predicted octanol–water partition coefficient (Wildman–Crippen LogP) is 1.90. The maximum absolute atomic E-state index is 11.7. The molecule has 0 unspecified atom stereocenters. The van der Waals surface area contributed by atoms with Gasteiger partial charge in [0, 0.05) is 18.7 Å². The molecule has 0 bridgehead atoms. The van der Waals surface area contributed by atoms with Gasteiger partial charge in [-0.1, -0.05) is 12.7 Å². The standard InChI is InChI=1S/C12H12N2O5/c1-3-6-19-12(16)10-7-9(13-8(2)15)4-5-11(10)14(17)18/h3-5,7H,1,6H2,2H3,(H,13,15). The van der Waals surface area contributed by atoms with E-state index in [2.05, 4.69) is 11.9 Å². The van der Waals surface area contributed by atoms with Gasteiger partial charge in [-0.25, -0.2) is 4.79 Å². The van der Waals surface area contributed by atoms with E-state index in [1.54, 1.807) is 0 Å². The number of esters is 1. The number of nitro groups is 1. The molecule has 1 aromatic rings. The summed E-state index contributed by atoms with van der Waals surface area (Å²) in [6.45, 7) is 4.61. The molecule has 0 aliphatic heterocycles. The minimum Gasteiger partial charge on any atom is -0.458 e. The van der Waals surface area contributed by atoms with E-state index in [0.717, 1.165) is 6.07 Å². The molecule has 0 spiro atoms. The highest BCUT2D eigenvalue weighted by molar-refractivity contribution is 5.97. The number of ether oxygens (including phenoxy) is 1. The SMILES string of the molecule is C=CCOC(=O)c1cc(NC(C)=O)ccc1[N+](=O)[O-]. The average Bonchev–Trinajstić information content (AvgIpc) is 2.34. The Kier molecular flexibility index (Phi) is 4.76. The molecule has 1 rings (SSSR count). The first-order valence-electron chi connectivity index (χ1n) is 5.29. The van der Waals surface area contributed by atoms with Crippen LogP contribution in [0, 0.1) is 10.1 Å². The summed E-state index contributed by atoms with van der Waals surface area (Å²) in [6, 6.07) is 3.67. The topological polar surface area (TPSA) is 98.5 Å². The molecular weight excluding hydrogens is 252 g/mol. The van der Waals surface area contributed by atoms with E-state index in [1.807, 2.05) is 0 Å². The first-order chi connectivity index (χ1) is 8.95. The van der Waals surface area contributed by atoms with Crippen molar-refractivity contribution in [3.05, 3.63) is 46.5 Å². The Morgan fingerprint density at radius 2 is 2.21 bits per heavy atom. The molecule has 0 atom stereocenters. The van der Waals surface area contributed by atoms with Gasteiger partial charge in [0.1, 0.15) is 12.2 Å². The highest BCUT2D eigenvalue weighted by Crippen LogP contribution is 2.23. The molecule has 19 heavy (non-hydrogen) atoms. The Bertz CT molecular complexity index is 539. The number of nitro benzene ring substituents is 1. The van der Waals surface area contributed by atoms with Crippen molar-refractivity contribution in [1.82, 2.24) is 0 Å². The highest BCUT2D eigenvalue weighted by atomic mass is 16.6. The first-order valence-corrected chi connectivity index (χ1v) is 5.29. The van der Waals surface area contributed by atoms with Gasteiger partial charge in [-0.15, -0.1) is 0 Å². The van der Waals surface area contributed by atoms with E-state index in [-0.39, 0.29) is 29.5 Å². The Balaban J connectivity index is 3.14. The summed E-state index contributed by atoms with van der Waals surface area (Å²) in [6.07, 6.45) is 1.35. The van der Waals surface area contributed by atoms with Crippen molar-refractivity contribution < 1.29 is 19.2 Å². The Labute approximate surface area is 109 Å². The molecule has 1 amide bonds. The fourth-order valence-electron chi connectivity index (χ4n) is 1.35. The number of carbonyl (C=O) groups excluding carboxylic acids is 2. The summed E-state index contributed by atoms with van der Waals surface area (Å²) in [5.41, 5.74) is -0.329. The number of nitrogens with zero attached hydrogens (tertiary/aromatic N) is 1. The van der Waals surface area contributed by atoms with Gasteiger partial charge in [0.15, 0.2) is 0 Å². The Hall–Kier alpha value is -2.70. The third kappa shape index (κ3) is 3.91.